The molecule has 0 saturated heterocycles. The van der Waals surface area contributed by atoms with Crippen molar-refractivity contribution in [1.29, 1.82) is 0 Å². The van der Waals surface area contributed by atoms with Crippen molar-refractivity contribution in [1.82, 2.24) is 10.3 Å². The molecule has 0 aliphatic carbocycles. The van der Waals surface area contributed by atoms with Gasteiger partial charge in [-0.3, -0.25) is 4.79 Å². The number of rotatable bonds is 6. The molecule has 1 amide bonds. The molecule has 0 saturated carbocycles. The summed E-state index contributed by atoms with van der Waals surface area (Å²) in [5.74, 6) is -0.0627. The minimum Gasteiger partial charge on any atom is -0.394 e. The minimum absolute atomic E-state index is 0.0801. The van der Waals surface area contributed by atoms with Crippen LogP contribution in [-0.4, -0.2) is 34.7 Å². The third-order valence-electron chi connectivity index (χ3n) is 3.78. The second-order valence-electron chi connectivity index (χ2n) is 5.71. The Morgan fingerprint density at radius 1 is 1.38 bits per heavy atom. The van der Waals surface area contributed by atoms with E-state index in [4.69, 9.17) is 5.73 Å². The number of amides is 1. The highest BCUT2D eigenvalue weighted by Crippen LogP contribution is 2.18. The highest BCUT2D eigenvalue weighted by molar-refractivity contribution is 5.86. The third-order valence-corrected chi connectivity index (χ3v) is 3.78. The number of nitrogens with two attached hydrogens (primary N) is 1. The number of carbonyl (C=O) groups is 1. The van der Waals surface area contributed by atoms with Gasteiger partial charge in [0, 0.05) is 17.1 Å². The van der Waals surface area contributed by atoms with Gasteiger partial charge in [0.05, 0.1) is 18.7 Å². The Morgan fingerprint density at radius 2 is 2.10 bits per heavy atom. The van der Waals surface area contributed by atoms with Gasteiger partial charge in [0.1, 0.15) is 0 Å². The summed E-state index contributed by atoms with van der Waals surface area (Å²) >= 11 is 0. The van der Waals surface area contributed by atoms with Crippen LogP contribution in [0.25, 0.3) is 10.9 Å². The number of aliphatic hydroxyl groups is 1. The number of nitrogens with one attached hydrogen (secondary N) is 2. The second-order valence-corrected chi connectivity index (χ2v) is 5.71. The molecule has 0 spiro atoms. The molecule has 114 valence electrons. The SMILES string of the molecule is CC(C)C(CO)NC(=O)[C@H](N)Cc1c[nH]c2ccccc12. The van der Waals surface area contributed by atoms with Crippen LogP contribution < -0.4 is 11.1 Å². The summed E-state index contributed by atoms with van der Waals surface area (Å²) in [6.45, 7) is 3.82. The molecule has 5 N–H and O–H groups in total. The summed E-state index contributed by atoms with van der Waals surface area (Å²) in [6, 6.07) is 7.04. The standard InChI is InChI=1S/C16H23N3O2/c1-10(2)15(9-20)19-16(21)13(17)7-11-8-18-14-6-4-3-5-12(11)14/h3-6,8,10,13,15,18,20H,7,9,17H2,1-2H3,(H,19,21)/t13-,15?/m1/s1. The normalized spacial score (nSPS) is 14.3. The summed E-state index contributed by atoms with van der Waals surface area (Å²) < 4.78 is 0. The predicted molar refractivity (Wildman–Crippen MR) is 83.8 cm³/mol. The summed E-state index contributed by atoms with van der Waals surface area (Å²) in [7, 11) is 0. The van der Waals surface area contributed by atoms with Crippen molar-refractivity contribution < 1.29 is 9.90 Å². The van der Waals surface area contributed by atoms with Crippen molar-refractivity contribution in [2.24, 2.45) is 11.7 Å². The van der Waals surface area contributed by atoms with Gasteiger partial charge in [0.25, 0.3) is 0 Å². The van der Waals surface area contributed by atoms with Crippen LogP contribution >= 0.6 is 0 Å². The van der Waals surface area contributed by atoms with Crippen molar-refractivity contribution in [3.63, 3.8) is 0 Å². The van der Waals surface area contributed by atoms with E-state index in [0.717, 1.165) is 16.5 Å². The lowest BCUT2D eigenvalue weighted by molar-refractivity contribution is -0.123. The Labute approximate surface area is 124 Å². The number of aromatic nitrogens is 1. The van der Waals surface area contributed by atoms with Gasteiger partial charge >= 0.3 is 0 Å². The molecule has 1 aromatic heterocycles. The first-order chi connectivity index (χ1) is 10.0. The topological polar surface area (TPSA) is 91.1 Å². The van der Waals surface area contributed by atoms with Gasteiger partial charge in [0.2, 0.25) is 5.91 Å². The quantitative estimate of drug-likeness (QED) is 0.643. The fourth-order valence-electron chi connectivity index (χ4n) is 2.34. The summed E-state index contributed by atoms with van der Waals surface area (Å²) in [5.41, 5.74) is 8.06. The molecule has 0 bridgehead atoms. The highest BCUT2D eigenvalue weighted by Gasteiger charge is 2.21. The molecule has 0 aliphatic rings. The molecule has 0 radical (unpaired) electrons. The van der Waals surface area contributed by atoms with E-state index in [-0.39, 0.29) is 24.5 Å². The molecule has 21 heavy (non-hydrogen) atoms. The van der Waals surface area contributed by atoms with Gasteiger partial charge in [-0.25, -0.2) is 0 Å². The van der Waals surface area contributed by atoms with Crippen molar-refractivity contribution >= 4 is 16.8 Å². The fourth-order valence-corrected chi connectivity index (χ4v) is 2.34. The lowest BCUT2D eigenvalue weighted by atomic mass is 10.0. The summed E-state index contributed by atoms with van der Waals surface area (Å²) in [6.07, 6.45) is 2.36. The van der Waals surface area contributed by atoms with Crippen LogP contribution in [0.15, 0.2) is 30.5 Å². The molecule has 0 fully saturated rings. The molecule has 5 nitrogen and oxygen atoms in total. The molecule has 1 heterocycles. The zero-order valence-electron chi connectivity index (χ0n) is 12.5. The highest BCUT2D eigenvalue weighted by atomic mass is 16.3. The predicted octanol–water partition coefficient (Wildman–Crippen LogP) is 1.17. The molecule has 2 atom stereocenters. The number of carbonyl (C=O) groups excluding carboxylic acids is 1. The fraction of sp³-hybridized carbons (Fsp3) is 0.438. The van der Waals surface area contributed by atoms with Crippen molar-refractivity contribution in [3.05, 3.63) is 36.0 Å². The van der Waals surface area contributed by atoms with E-state index < -0.39 is 6.04 Å². The van der Waals surface area contributed by atoms with E-state index in [1.807, 2.05) is 44.3 Å². The van der Waals surface area contributed by atoms with Crippen molar-refractivity contribution in [2.45, 2.75) is 32.4 Å². The maximum absolute atomic E-state index is 12.1. The van der Waals surface area contributed by atoms with Gasteiger partial charge in [-0.1, -0.05) is 32.0 Å². The minimum atomic E-state index is -0.628. The van der Waals surface area contributed by atoms with Gasteiger partial charge in [-0.2, -0.15) is 0 Å². The van der Waals surface area contributed by atoms with Crippen LogP contribution in [-0.2, 0) is 11.2 Å². The van der Waals surface area contributed by atoms with Crippen LogP contribution in [0, 0.1) is 5.92 Å². The average Bonchev–Trinajstić information content (AvgIpc) is 2.87. The van der Waals surface area contributed by atoms with E-state index >= 15 is 0 Å². The van der Waals surface area contributed by atoms with Crippen LogP contribution in [0.3, 0.4) is 0 Å². The molecular weight excluding hydrogens is 266 g/mol. The average molecular weight is 289 g/mol. The summed E-state index contributed by atoms with van der Waals surface area (Å²) in [4.78, 5) is 15.3. The number of para-hydroxylation sites is 1. The first-order valence-corrected chi connectivity index (χ1v) is 7.24. The third kappa shape index (κ3) is 3.62. The molecular formula is C16H23N3O2. The van der Waals surface area contributed by atoms with E-state index in [1.165, 1.54) is 0 Å². The van der Waals surface area contributed by atoms with Gasteiger partial charge in [-0.05, 0) is 24.0 Å². The maximum Gasteiger partial charge on any atom is 0.237 e. The molecule has 5 heteroatoms. The Balaban J connectivity index is 2.03. The number of aliphatic hydroxyl groups excluding tert-OH is 1. The lowest BCUT2D eigenvalue weighted by Crippen LogP contribution is -2.49. The van der Waals surface area contributed by atoms with Crippen molar-refractivity contribution in [2.75, 3.05) is 6.61 Å². The Kier molecular flexibility index (Phi) is 4.98. The Bertz CT molecular complexity index is 606. The Hall–Kier alpha value is -1.85. The molecule has 1 unspecified atom stereocenters. The zero-order valence-corrected chi connectivity index (χ0v) is 12.5. The number of fused-ring (bicyclic) bond motifs is 1. The monoisotopic (exact) mass is 289 g/mol. The number of benzene rings is 1. The number of aromatic amines is 1. The zero-order chi connectivity index (χ0) is 15.4. The van der Waals surface area contributed by atoms with E-state index in [2.05, 4.69) is 10.3 Å². The first kappa shape index (κ1) is 15.5. The number of H-pyrrole nitrogens is 1. The number of hydrogen-bond acceptors (Lipinski definition) is 3. The van der Waals surface area contributed by atoms with E-state index in [1.54, 1.807) is 0 Å². The van der Waals surface area contributed by atoms with Crippen molar-refractivity contribution in [3.8, 4) is 0 Å². The largest absolute Gasteiger partial charge is 0.394 e. The molecule has 2 rings (SSSR count). The second kappa shape index (κ2) is 6.74. The summed E-state index contributed by atoms with van der Waals surface area (Å²) in [5, 5.41) is 13.2. The first-order valence-electron chi connectivity index (χ1n) is 7.24. The molecule has 0 aliphatic heterocycles. The lowest BCUT2D eigenvalue weighted by Gasteiger charge is -2.22. The van der Waals surface area contributed by atoms with Gasteiger partial charge < -0.3 is 21.1 Å². The maximum atomic E-state index is 12.1. The van der Waals surface area contributed by atoms with E-state index in [9.17, 15) is 9.90 Å². The smallest absolute Gasteiger partial charge is 0.237 e. The van der Waals surface area contributed by atoms with Crippen LogP contribution in [0.1, 0.15) is 19.4 Å². The van der Waals surface area contributed by atoms with E-state index in [0.29, 0.717) is 6.42 Å². The van der Waals surface area contributed by atoms with Crippen LogP contribution in [0.4, 0.5) is 0 Å². The number of hydrogen-bond donors (Lipinski definition) is 4. The van der Waals surface area contributed by atoms with Crippen LogP contribution in [0.5, 0.6) is 0 Å². The Morgan fingerprint density at radius 3 is 2.76 bits per heavy atom. The van der Waals surface area contributed by atoms with Gasteiger partial charge in [-0.15, -0.1) is 0 Å². The molecule has 2 aromatic rings. The van der Waals surface area contributed by atoms with Crippen LogP contribution in [0.2, 0.25) is 0 Å². The van der Waals surface area contributed by atoms with Gasteiger partial charge in [0.15, 0.2) is 0 Å². The molecule has 1 aromatic carbocycles.